The molecule has 1 saturated heterocycles. The first-order chi connectivity index (χ1) is 14.6. The molecular formula is C22H22FN3O4. The molecule has 0 bridgehead atoms. The molecule has 3 aromatic rings. The van der Waals surface area contributed by atoms with Crippen molar-refractivity contribution in [3.8, 4) is 22.9 Å². The number of methoxy groups -OCH3 is 2. The van der Waals surface area contributed by atoms with Crippen LogP contribution in [0.4, 0.5) is 4.39 Å². The Morgan fingerprint density at radius 2 is 1.90 bits per heavy atom. The summed E-state index contributed by atoms with van der Waals surface area (Å²) in [5.74, 6) is 1.60. The predicted octanol–water partition coefficient (Wildman–Crippen LogP) is 3.91. The van der Waals surface area contributed by atoms with E-state index < -0.39 is 0 Å². The van der Waals surface area contributed by atoms with Gasteiger partial charge in [0.1, 0.15) is 5.82 Å². The van der Waals surface area contributed by atoms with Crippen LogP contribution in [0.25, 0.3) is 11.4 Å². The molecule has 0 spiro atoms. The van der Waals surface area contributed by atoms with Crippen LogP contribution in [-0.4, -0.2) is 48.3 Å². The van der Waals surface area contributed by atoms with Crippen LogP contribution in [0.2, 0.25) is 0 Å². The molecule has 1 amide bonds. The van der Waals surface area contributed by atoms with Crippen molar-refractivity contribution in [1.29, 1.82) is 0 Å². The SMILES string of the molecule is COc1ccc(-c2noc([C@@H]3CCCN(C(=O)c4ccc(F)cc4)C3)n2)cc1OC. The number of hydrogen-bond donors (Lipinski definition) is 0. The van der Waals surface area contributed by atoms with Gasteiger partial charge in [-0.1, -0.05) is 5.16 Å². The van der Waals surface area contributed by atoms with Crippen LogP contribution in [-0.2, 0) is 0 Å². The molecule has 1 aliphatic rings. The minimum Gasteiger partial charge on any atom is -0.493 e. The molecule has 4 rings (SSSR count). The summed E-state index contributed by atoms with van der Waals surface area (Å²) in [4.78, 5) is 19.1. The van der Waals surface area contributed by atoms with Gasteiger partial charge in [0.15, 0.2) is 11.5 Å². The highest BCUT2D eigenvalue weighted by atomic mass is 19.1. The Labute approximate surface area is 173 Å². The third kappa shape index (κ3) is 3.98. The third-order valence-corrected chi connectivity index (χ3v) is 5.23. The number of carbonyl (C=O) groups is 1. The number of piperidine rings is 1. The van der Waals surface area contributed by atoms with E-state index in [4.69, 9.17) is 14.0 Å². The highest BCUT2D eigenvalue weighted by Gasteiger charge is 2.29. The minimum atomic E-state index is -0.364. The van der Waals surface area contributed by atoms with Crippen LogP contribution in [0.3, 0.4) is 0 Å². The van der Waals surface area contributed by atoms with Gasteiger partial charge >= 0.3 is 0 Å². The molecule has 7 nitrogen and oxygen atoms in total. The molecule has 0 unspecified atom stereocenters. The van der Waals surface area contributed by atoms with E-state index in [9.17, 15) is 9.18 Å². The van der Waals surface area contributed by atoms with Crippen LogP contribution < -0.4 is 9.47 Å². The smallest absolute Gasteiger partial charge is 0.253 e. The molecule has 30 heavy (non-hydrogen) atoms. The summed E-state index contributed by atoms with van der Waals surface area (Å²) < 4.78 is 29.2. The fourth-order valence-electron chi connectivity index (χ4n) is 3.63. The van der Waals surface area contributed by atoms with Crippen LogP contribution in [0.1, 0.15) is 35.0 Å². The Bertz CT molecular complexity index is 1040. The summed E-state index contributed by atoms with van der Waals surface area (Å²) in [6.07, 6.45) is 1.67. The molecular weight excluding hydrogens is 389 g/mol. The molecule has 1 aromatic heterocycles. The number of carbonyl (C=O) groups excluding carboxylic acids is 1. The maximum Gasteiger partial charge on any atom is 0.253 e. The van der Waals surface area contributed by atoms with Crippen molar-refractivity contribution in [2.45, 2.75) is 18.8 Å². The Morgan fingerprint density at radius 1 is 1.13 bits per heavy atom. The first kappa shape index (κ1) is 19.9. The highest BCUT2D eigenvalue weighted by Crippen LogP contribution is 2.33. The molecule has 2 heterocycles. The molecule has 8 heteroatoms. The molecule has 1 fully saturated rings. The number of amides is 1. The first-order valence-electron chi connectivity index (χ1n) is 9.70. The van der Waals surface area contributed by atoms with Gasteiger partial charge in [-0.2, -0.15) is 4.98 Å². The van der Waals surface area contributed by atoms with Crippen LogP contribution in [0, 0.1) is 5.82 Å². The van der Waals surface area contributed by atoms with Crippen molar-refractivity contribution in [2.75, 3.05) is 27.3 Å². The molecule has 1 atom stereocenters. The van der Waals surface area contributed by atoms with E-state index in [2.05, 4.69) is 10.1 Å². The van der Waals surface area contributed by atoms with E-state index in [-0.39, 0.29) is 17.6 Å². The van der Waals surface area contributed by atoms with Gasteiger partial charge in [-0.25, -0.2) is 4.39 Å². The average molecular weight is 411 g/mol. The summed E-state index contributed by atoms with van der Waals surface area (Å²) >= 11 is 0. The Balaban J connectivity index is 1.50. The van der Waals surface area contributed by atoms with Gasteiger partial charge in [-0.05, 0) is 55.3 Å². The maximum atomic E-state index is 13.1. The summed E-state index contributed by atoms with van der Waals surface area (Å²) in [6, 6.07) is 11.0. The summed E-state index contributed by atoms with van der Waals surface area (Å²) in [5, 5.41) is 4.10. The van der Waals surface area contributed by atoms with Gasteiger partial charge in [0, 0.05) is 24.2 Å². The van der Waals surface area contributed by atoms with Gasteiger partial charge in [-0.3, -0.25) is 4.79 Å². The molecule has 1 aliphatic heterocycles. The van der Waals surface area contributed by atoms with E-state index in [1.165, 1.54) is 24.3 Å². The zero-order valence-electron chi connectivity index (χ0n) is 16.8. The topological polar surface area (TPSA) is 77.7 Å². The van der Waals surface area contributed by atoms with Gasteiger partial charge in [0.2, 0.25) is 11.7 Å². The second kappa shape index (κ2) is 8.52. The predicted molar refractivity (Wildman–Crippen MR) is 107 cm³/mol. The van der Waals surface area contributed by atoms with E-state index in [0.29, 0.717) is 41.9 Å². The average Bonchev–Trinajstić information content (AvgIpc) is 3.29. The third-order valence-electron chi connectivity index (χ3n) is 5.23. The standard InChI is InChI=1S/C22H22FN3O4/c1-28-18-10-7-15(12-19(18)29-2)20-24-21(30-25-20)16-4-3-11-26(13-16)22(27)14-5-8-17(23)9-6-14/h5-10,12,16H,3-4,11,13H2,1-2H3/t16-/m1/s1. The lowest BCUT2D eigenvalue weighted by molar-refractivity contribution is 0.0695. The zero-order chi connectivity index (χ0) is 21.1. The number of nitrogens with zero attached hydrogens (tertiary/aromatic N) is 3. The lowest BCUT2D eigenvalue weighted by atomic mass is 9.97. The summed E-state index contributed by atoms with van der Waals surface area (Å²) in [5.41, 5.74) is 1.21. The Kier molecular flexibility index (Phi) is 5.65. The fourth-order valence-corrected chi connectivity index (χ4v) is 3.63. The van der Waals surface area contributed by atoms with Gasteiger partial charge < -0.3 is 18.9 Å². The molecule has 0 saturated carbocycles. The van der Waals surface area contributed by atoms with Crippen molar-refractivity contribution in [3.63, 3.8) is 0 Å². The van der Waals surface area contributed by atoms with E-state index in [1.807, 2.05) is 6.07 Å². The Morgan fingerprint density at radius 3 is 2.63 bits per heavy atom. The zero-order valence-corrected chi connectivity index (χ0v) is 16.8. The van der Waals surface area contributed by atoms with Crippen molar-refractivity contribution >= 4 is 5.91 Å². The minimum absolute atomic E-state index is 0.0513. The second-order valence-electron chi connectivity index (χ2n) is 7.12. The van der Waals surface area contributed by atoms with Crippen molar-refractivity contribution < 1.29 is 23.2 Å². The van der Waals surface area contributed by atoms with Gasteiger partial charge in [-0.15, -0.1) is 0 Å². The first-order valence-corrected chi connectivity index (χ1v) is 9.70. The lowest BCUT2D eigenvalue weighted by Gasteiger charge is -2.31. The van der Waals surface area contributed by atoms with Crippen molar-refractivity contribution in [2.24, 2.45) is 0 Å². The number of hydrogen-bond acceptors (Lipinski definition) is 6. The second-order valence-corrected chi connectivity index (χ2v) is 7.12. The number of likely N-dealkylation sites (tertiary alicyclic amines) is 1. The molecule has 156 valence electrons. The van der Waals surface area contributed by atoms with E-state index >= 15 is 0 Å². The summed E-state index contributed by atoms with van der Waals surface area (Å²) in [7, 11) is 3.14. The van der Waals surface area contributed by atoms with Crippen LogP contribution in [0.5, 0.6) is 11.5 Å². The van der Waals surface area contributed by atoms with E-state index in [0.717, 1.165) is 18.4 Å². The largest absolute Gasteiger partial charge is 0.493 e. The van der Waals surface area contributed by atoms with Gasteiger partial charge in [0.05, 0.1) is 20.1 Å². The summed E-state index contributed by atoms with van der Waals surface area (Å²) in [6.45, 7) is 1.12. The van der Waals surface area contributed by atoms with E-state index in [1.54, 1.807) is 31.3 Å². The number of benzene rings is 2. The van der Waals surface area contributed by atoms with Crippen LogP contribution >= 0.6 is 0 Å². The van der Waals surface area contributed by atoms with Crippen molar-refractivity contribution in [1.82, 2.24) is 15.0 Å². The molecule has 0 radical (unpaired) electrons. The number of halogens is 1. The maximum absolute atomic E-state index is 13.1. The Hall–Kier alpha value is -3.42. The molecule has 0 aliphatic carbocycles. The monoisotopic (exact) mass is 411 g/mol. The van der Waals surface area contributed by atoms with Crippen LogP contribution in [0.15, 0.2) is 47.0 Å². The molecule has 2 aromatic carbocycles. The number of rotatable bonds is 5. The highest BCUT2D eigenvalue weighted by molar-refractivity contribution is 5.94. The van der Waals surface area contributed by atoms with Crippen molar-refractivity contribution in [3.05, 3.63) is 59.7 Å². The normalized spacial score (nSPS) is 16.4. The fraction of sp³-hybridized carbons (Fsp3) is 0.318. The quantitative estimate of drug-likeness (QED) is 0.633. The lowest BCUT2D eigenvalue weighted by Crippen LogP contribution is -2.39. The number of ether oxygens (including phenoxy) is 2. The van der Waals surface area contributed by atoms with Gasteiger partial charge in [0.25, 0.3) is 5.91 Å². The molecule has 0 N–H and O–H groups in total. The number of aromatic nitrogens is 2.